The van der Waals surface area contributed by atoms with E-state index in [1.165, 1.54) is 0 Å². The molecule has 0 bridgehead atoms. The number of ether oxygens (including phenoxy) is 2. The molecule has 4 N–H and O–H groups in total. The fraction of sp³-hybridized carbons (Fsp3) is 0.478. The minimum absolute atomic E-state index is 0. The van der Waals surface area contributed by atoms with Crippen LogP contribution in [0.1, 0.15) is 57.1 Å². The third-order valence-electron chi connectivity index (χ3n) is 5.85. The summed E-state index contributed by atoms with van der Waals surface area (Å²) in [6.07, 6.45) is 4.52. The zero-order valence-corrected chi connectivity index (χ0v) is 19.7. The molecule has 0 aromatic heterocycles. The van der Waals surface area contributed by atoms with E-state index in [-0.39, 0.29) is 29.5 Å². The smallest absolute Gasteiger partial charge is 0.125 e. The predicted octanol–water partition coefficient (Wildman–Crippen LogP) is 0.915. The van der Waals surface area contributed by atoms with Gasteiger partial charge in [0.15, 0.2) is 0 Å². The van der Waals surface area contributed by atoms with E-state index in [4.69, 9.17) is 9.47 Å². The lowest BCUT2D eigenvalue weighted by atomic mass is 9.79. The van der Waals surface area contributed by atoms with E-state index < -0.39 is 5.60 Å². The average Bonchev–Trinajstić information content (AvgIpc) is 2.73. The van der Waals surface area contributed by atoms with Gasteiger partial charge >= 0.3 is 0 Å². The van der Waals surface area contributed by atoms with Crippen molar-refractivity contribution in [3.8, 4) is 11.5 Å². The van der Waals surface area contributed by atoms with E-state index in [2.05, 4.69) is 19.6 Å². The fourth-order valence-corrected chi connectivity index (χ4v) is 3.61. The highest BCUT2D eigenvalue weighted by molar-refractivity contribution is 5.48. The Balaban J connectivity index is 0.00000392. The normalized spacial score (nSPS) is 13.4. The van der Waals surface area contributed by atoms with Crippen molar-refractivity contribution in [2.75, 3.05) is 14.2 Å². The first kappa shape index (κ1) is 24.7. The van der Waals surface area contributed by atoms with Crippen molar-refractivity contribution in [1.29, 1.82) is 0 Å². The zero-order valence-electron chi connectivity index (χ0n) is 17.5. The molecule has 0 aliphatic carbocycles. The van der Waals surface area contributed by atoms with Crippen LogP contribution in [0, 0.1) is 0 Å². The Bertz CT molecular complexity index is 719. The monoisotopic (exact) mass is 499 g/mol. The molecule has 0 saturated heterocycles. The largest absolute Gasteiger partial charge is 1.00 e. The Morgan fingerprint density at radius 1 is 0.929 bits per heavy atom. The van der Waals surface area contributed by atoms with E-state index in [0.717, 1.165) is 36.8 Å². The summed E-state index contributed by atoms with van der Waals surface area (Å²) in [7, 11) is 3.26. The minimum atomic E-state index is -1.15. The van der Waals surface area contributed by atoms with E-state index in [1.807, 2.05) is 48.5 Å². The van der Waals surface area contributed by atoms with Crippen molar-refractivity contribution in [2.24, 2.45) is 0 Å². The number of hydrogen-bond acceptors (Lipinski definition) is 3. The fourth-order valence-electron chi connectivity index (χ4n) is 3.61. The van der Waals surface area contributed by atoms with Crippen LogP contribution >= 0.6 is 0 Å². The first-order chi connectivity index (χ1) is 12.9. The number of aliphatic hydroxyl groups is 1. The van der Waals surface area contributed by atoms with E-state index in [9.17, 15) is 5.11 Å². The molecule has 0 fully saturated rings. The van der Waals surface area contributed by atoms with Crippen molar-refractivity contribution < 1.29 is 44.3 Å². The highest BCUT2D eigenvalue weighted by atomic mass is 127. The molecule has 5 heteroatoms. The predicted molar refractivity (Wildman–Crippen MR) is 109 cm³/mol. The summed E-state index contributed by atoms with van der Waals surface area (Å²) in [6, 6.07) is 15.4. The Kier molecular flexibility index (Phi) is 9.74. The highest BCUT2D eigenvalue weighted by Crippen LogP contribution is 2.41. The Morgan fingerprint density at radius 2 is 1.57 bits per heavy atom. The van der Waals surface area contributed by atoms with E-state index >= 15 is 0 Å². The van der Waals surface area contributed by atoms with Gasteiger partial charge in [0.2, 0.25) is 0 Å². The standard InChI is InChI=1S/C23H33NO3.HI/c1-5-22(24,6-2)15-10-16-23(25,18-11-8-7-9-12-18)20-17-19(26-3)13-14-21(20)27-4;/h7-9,11-14,17,25H,5-6,10,15-16,24H2,1-4H3;1H. The minimum Gasteiger partial charge on any atom is -1.00 e. The number of quaternary nitrogens is 1. The van der Waals surface area contributed by atoms with Crippen molar-refractivity contribution in [1.82, 2.24) is 0 Å². The molecule has 4 nitrogen and oxygen atoms in total. The van der Waals surface area contributed by atoms with Gasteiger partial charge in [0, 0.05) is 12.0 Å². The first-order valence-electron chi connectivity index (χ1n) is 9.78. The number of benzene rings is 2. The van der Waals surface area contributed by atoms with Gasteiger partial charge in [-0.1, -0.05) is 44.2 Å². The van der Waals surface area contributed by atoms with Crippen LogP contribution in [0.3, 0.4) is 0 Å². The highest BCUT2D eigenvalue weighted by Gasteiger charge is 2.36. The number of hydrogen-bond donors (Lipinski definition) is 2. The second kappa shape index (κ2) is 11.0. The lowest BCUT2D eigenvalue weighted by Crippen LogP contribution is -3.00. The van der Waals surface area contributed by atoms with Gasteiger partial charge in [0.25, 0.3) is 0 Å². The SMILES string of the molecule is CCC([NH3+])(CC)CCCC(O)(c1ccccc1)c1cc(OC)ccc1OC.[I-]. The molecular formula is C23H34INO3. The molecule has 0 aliphatic rings. The maximum atomic E-state index is 11.9. The summed E-state index contributed by atoms with van der Waals surface area (Å²) < 4.78 is 11.0. The summed E-state index contributed by atoms with van der Waals surface area (Å²) in [4.78, 5) is 0. The maximum absolute atomic E-state index is 11.9. The molecule has 2 aromatic carbocycles. The topological polar surface area (TPSA) is 66.3 Å². The van der Waals surface area contributed by atoms with Gasteiger partial charge in [-0.2, -0.15) is 0 Å². The first-order valence-corrected chi connectivity index (χ1v) is 9.78. The molecule has 0 saturated carbocycles. The van der Waals surface area contributed by atoms with Crippen molar-refractivity contribution in [3.63, 3.8) is 0 Å². The van der Waals surface area contributed by atoms with Gasteiger partial charge in [-0.15, -0.1) is 0 Å². The van der Waals surface area contributed by atoms with Crippen LogP contribution in [-0.2, 0) is 5.60 Å². The van der Waals surface area contributed by atoms with Gasteiger partial charge in [0.1, 0.15) is 17.1 Å². The van der Waals surface area contributed by atoms with E-state index in [1.54, 1.807) is 14.2 Å². The molecule has 1 unspecified atom stereocenters. The van der Waals surface area contributed by atoms with Gasteiger partial charge < -0.3 is 44.3 Å². The van der Waals surface area contributed by atoms with Crippen LogP contribution in [0.15, 0.2) is 48.5 Å². The van der Waals surface area contributed by atoms with Crippen LogP contribution in [-0.4, -0.2) is 24.9 Å². The van der Waals surface area contributed by atoms with Crippen LogP contribution in [0.2, 0.25) is 0 Å². The molecule has 0 aliphatic heterocycles. The quantitative estimate of drug-likeness (QED) is 0.478. The molecule has 2 rings (SSSR count). The van der Waals surface area contributed by atoms with Gasteiger partial charge in [-0.3, -0.25) is 0 Å². The molecule has 28 heavy (non-hydrogen) atoms. The number of rotatable bonds is 10. The average molecular weight is 499 g/mol. The summed E-state index contributed by atoms with van der Waals surface area (Å²) in [5, 5.41) is 11.9. The van der Waals surface area contributed by atoms with Crippen LogP contribution in [0.5, 0.6) is 11.5 Å². The molecule has 0 radical (unpaired) electrons. The van der Waals surface area contributed by atoms with Crippen molar-refractivity contribution in [3.05, 3.63) is 59.7 Å². The molecule has 2 aromatic rings. The third-order valence-corrected chi connectivity index (χ3v) is 5.85. The van der Waals surface area contributed by atoms with Crippen LogP contribution in [0.4, 0.5) is 0 Å². The summed E-state index contributed by atoms with van der Waals surface area (Å²) >= 11 is 0. The lowest BCUT2D eigenvalue weighted by molar-refractivity contribution is -0.482. The summed E-state index contributed by atoms with van der Waals surface area (Å²) in [5.74, 6) is 1.36. The number of methoxy groups -OCH3 is 2. The summed E-state index contributed by atoms with van der Waals surface area (Å²) in [5.41, 5.74) is 4.92. The third kappa shape index (κ3) is 5.61. The molecule has 1 atom stereocenters. The van der Waals surface area contributed by atoms with Crippen LogP contribution in [0.25, 0.3) is 0 Å². The van der Waals surface area contributed by atoms with Gasteiger partial charge in [-0.05, 0) is 49.4 Å². The van der Waals surface area contributed by atoms with E-state index in [0.29, 0.717) is 17.9 Å². The zero-order chi connectivity index (χ0) is 19.9. The molecule has 0 amide bonds. The second-order valence-electron chi connectivity index (χ2n) is 7.35. The Morgan fingerprint density at radius 3 is 2.11 bits per heavy atom. The van der Waals surface area contributed by atoms with Gasteiger partial charge in [0.05, 0.1) is 19.8 Å². The van der Waals surface area contributed by atoms with Crippen molar-refractivity contribution in [2.45, 2.75) is 57.1 Å². The second-order valence-corrected chi connectivity index (χ2v) is 7.35. The lowest BCUT2D eigenvalue weighted by Gasteiger charge is -2.32. The maximum Gasteiger partial charge on any atom is 0.125 e. The molecular weight excluding hydrogens is 465 g/mol. The molecule has 0 heterocycles. The number of halogens is 1. The molecule has 0 spiro atoms. The Labute approximate surface area is 186 Å². The van der Waals surface area contributed by atoms with Crippen molar-refractivity contribution >= 4 is 0 Å². The molecule has 156 valence electrons. The summed E-state index contributed by atoms with van der Waals surface area (Å²) in [6.45, 7) is 4.37. The van der Waals surface area contributed by atoms with Crippen LogP contribution < -0.4 is 39.2 Å². The van der Waals surface area contributed by atoms with Gasteiger partial charge in [-0.25, -0.2) is 0 Å². The Hall–Kier alpha value is -1.31.